The van der Waals surface area contributed by atoms with E-state index in [1.807, 2.05) is 61.2 Å². The predicted octanol–water partition coefficient (Wildman–Crippen LogP) is 7.14. The lowest BCUT2D eigenvalue weighted by Gasteiger charge is -2.34. The Hall–Kier alpha value is -4.36. The normalized spacial score (nSPS) is 16.1. The Morgan fingerprint density at radius 1 is 0.935 bits per heavy atom. The van der Waals surface area contributed by atoms with Crippen LogP contribution in [0.2, 0.25) is 5.02 Å². The smallest absolute Gasteiger partial charge is 0.287 e. The highest BCUT2D eigenvalue weighted by Gasteiger charge is 2.23. The fourth-order valence-corrected chi connectivity index (χ4v) is 6.59. The molecule has 3 heterocycles. The Balaban J connectivity index is 1.19. The molecule has 0 radical (unpaired) electrons. The van der Waals surface area contributed by atoms with E-state index < -0.39 is 5.91 Å². The van der Waals surface area contributed by atoms with Crippen LogP contribution in [0.25, 0.3) is 11.0 Å². The summed E-state index contributed by atoms with van der Waals surface area (Å²) in [5, 5.41) is 4.26. The number of hydrogen-bond acceptors (Lipinski definition) is 5. The summed E-state index contributed by atoms with van der Waals surface area (Å²) in [5.74, 6) is -0.183. The molecule has 8 heteroatoms. The highest BCUT2D eigenvalue weighted by molar-refractivity contribution is 6.30. The zero-order valence-corrected chi connectivity index (χ0v) is 27.2. The van der Waals surface area contributed by atoms with E-state index in [1.54, 1.807) is 0 Å². The van der Waals surface area contributed by atoms with Crippen LogP contribution in [-0.2, 0) is 17.8 Å². The van der Waals surface area contributed by atoms with Gasteiger partial charge in [0.1, 0.15) is 5.58 Å². The Morgan fingerprint density at radius 2 is 1.67 bits per heavy atom. The van der Waals surface area contributed by atoms with Gasteiger partial charge in [0.15, 0.2) is 11.2 Å². The summed E-state index contributed by atoms with van der Waals surface area (Å²) in [6, 6.07) is 20.6. The van der Waals surface area contributed by atoms with Crippen molar-refractivity contribution in [1.82, 2.24) is 10.2 Å². The number of carbonyl (C=O) groups excluding carboxylic acids is 2. The zero-order valence-electron chi connectivity index (χ0n) is 26.5. The van der Waals surface area contributed by atoms with Crippen molar-refractivity contribution in [3.8, 4) is 0 Å². The van der Waals surface area contributed by atoms with Gasteiger partial charge in [-0.15, -0.1) is 0 Å². The molecule has 2 aliphatic rings. The summed E-state index contributed by atoms with van der Waals surface area (Å²) in [6.07, 6.45) is 7.12. The maximum atomic E-state index is 13.5. The SMILES string of the molecule is Cc1cc2oc(C(=O)N[C@H](C=C3CCN(c4ccccc4CN4CCCCC4=O)CC3)Cc3ccc(Cl)cc3)cc(=O)c2cc1C. The second-order valence-corrected chi connectivity index (χ2v) is 13.0. The van der Waals surface area contributed by atoms with Crippen molar-refractivity contribution in [3.63, 3.8) is 0 Å². The Labute approximate surface area is 274 Å². The molecule has 6 rings (SSSR count). The Morgan fingerprint density at radius 3 is 2.43 bits per heavy atom. The second kappa shape index (κ2) is 14.0. The maximum Gasteiger partial charge on any atom is 0.287 e. The van der Waals surface area contributed by atoms with Gasteiger partial charge in [-0.3, -0.25) is 14.4 Å². The van der Waals surface area contributed by atoms with Crippen molar-refractivity contribution in [2.75, 3.05) is 24.5 Å². The van der Waals surface area contributed by atoms with Gasteiger partial charge in [0.05, 0.1) is 11.4 Å². The molecule has 2 saturated heterocycles. The van der Waals surface area contributed by atoms with Gasteiger partial charge < -0.3 is 19.5 Å². The van der Waals surface area contributed by atoms with Crippen molar-refractivity contribution in [2.45, 2.75) is 65.0 Å². The van der Waals surface area contributed by atoms with Crippen LogP contribution in [0.4, 0.5) is 5.69 Å². The molecule has 2 aliphatic heterocycles. The average molecular weight is 638 g/mol. The van der Waals surface area contributed by atoms with Crippen molar-refractivity contribution in [1.29, 1.82) is 0 Å². The van der Waals surface area contributed by atoms with Gasteiger partial charge in [-0.05, 0) is 98.5 Å². The van der Waals surface area contributed by atoms with Crippen LogP contribution in [-0.4, -0.2) is 42.4 Å². The highest BCUT2D eigenvalue weighted by atomic mass is 35.5. The molecule has 1 aromatic heterocycles. The third-order valence-electron chi connectivity index (χ3n) is 9.21. The number of amides is 2. The van der Waals surface area contributed by atoms with E-state index in [0.29, 0.717) is 35.4 Å². The fourth-order valence-electron chi connectivity index (χ4n) is 6.46. The molecule has 1 N–H and O–H groups in total. The van der Waals surface area contributed by atoms with E-state index in [9.17, 15) is 14.4 Å². The number of hydrogen-bond donors (Lipinski definition) is 1. The first-order valence-electron chi connectivity index (χ1n) is 16.1. The molecule has 0 saturated carbocycles. The molecule has 4 aromatic rings. The number of aryl methyl sites for hydroxylation is 2. The number of halogens is 1. The zero-order chi connectivity index (χ0) is 32.2. The van der Waals surface area contributed by atoms with Crippen molar-refractivity contribution >= 4 is 40.1 Å². The van der Waals surface area contributed by atoms with Crippen LogP contribution in [0.15, 0.2) is 87.6 Å². The minimum absolute atomic E-state index is 0.00104. The number of nitrogens with zero attached hydrogens (tertiary/aromatic N) is 2. The van der Waals surface area contributed by atoms with Gasteiger partial charge in [-0.25, -0.2) is 0 Å². The van der Waals surface area contributed by atoms with Crippen LogP contribution in [0.3, 0.4) is 0 Å². The van der Waals surface area contributed by atoms with Gasteiger partial charge >= 0.3 is 0 Å². The Bertz CT molecular complexity index is 1840. The van der Waals surface area contributed by atoms with Crippen LogP contribution >= 0.6 is 11.6 Å². The summed E-state index contributed by atoms with van der Waals surface area (Å²) < 4.78 is 5.95. The van der Waals surface area contributed by atoms with E-state index in [1.165, 1.54) is 22.9 Å². The lowest BCUT2D eigenvalue weighted by Crippen LogP contribution is -2.37. The lowest BCUT2D eigenvalue weighted by molar-refractivity contribution is -0.133. The molecule has 2 amide bonds. The molecule has 238 valence electrons. The summed E-state index contributed by atoms with van der Waals surface area (Å²) >= 11 is 6.14. The van der Waals surface area contributed by atoms with Crippen molar-refractivity contribution in [3.05, 3.63) is 122 Å². The number of nitrogens with one attached hydrogen (secondary N) is 1. The molecule has 0 unspecified atom stereocenters. The van der Waals surface area contributed by atoms with Gasteiger partial charge in [-0.2, -0.15) is 0 Å². The number of piperidine rings is 2. The number of fused-ring (bicyclic) bond motifs is 1. The summed E-state index contributed by atoms with van der Waals surface area (Å²) in [7, 11) is 0. The van der Waals surface area contributed by atoms with E-state index in [2.05, 4.69) is 34.5 Å². The third kappa shape index (κ3) is 7.37. The van der Waals surface area contributed by atoms with Crippen LogP contribution in [0.1, 0.15) is 64.9 Å². The number of benzene rings is 3. The number of rotatable bonds is 8. The minimum Gasteiger partial charge on any atom is -0.451 e. The maximum absolute atomic E-state index is 13.5. The van der Waals surface area contributed by atoms with Gasteiger partial charge in [-0.1, -0.05) is 53.6 Å². The predicted molar refractivity (Wildman–Crippen MR) is 184 cm³/mol. The topological polar surface area (TPSA) is 82.9 Å². The second-order valence-electron chi connectivity index (χ2n) is 12.5. The minimum atomic E-state index is -0.424. The van der Waals surface area contributed by atoms with E-state index in [-0.39, 0.29) is 23.1 Å². The third-order valence-corrected chi connectivity index (χ3v) is 9.46. The molecule has 0 aliphatic carbocycles. The monoisotopic (exact) mass is 637 g/mol. The lowest BCUT2D eigenvalue weighted by atomic mass is 9.97. The van der Waals surface area contributed by atoms with E-state index >= 15 is 0 Å². The number of carbonyl (C=O) groups is 2. The highest BCUT2D eigenvalue weighted by Crippen LogP contribution is 2.29. The standard InChI is InChI=1S/C38H40ClN3O4/c1-25-19-32-34(43)23-36(46-35(32)20-26(25)2)38(45)40-31(21-27-10-12-30(39)13-11-27)22-28-14-17-41(18-15-28)33-8-4-3-7-29(33)24-42-16-6-5-9-37(42)44/h3-4,7-8,10-13,19-20,22-23,31H,5-6,9,14-18,21,24H2,1-2H3,(H,40,45)/t31-/m0/s1. The molecule has 46 heavy (non-hydrogen) atoms. The first-order chi connectivity index (χ1) is 22.2. The average Bonchev–Trinajstić information content (AvgIpc) is 3.05. The van der Waals surface area contributed by atoms with Gasteiger partial charge in [0.25, 0.3) is 5.91 Å². The molecular weight excluding hydrogens is 598 g/mol. The molecule has 2 fully saturated rings. The van der Waals surface area contributed by atoms with Crippen LogP contribution in [0.5, 0.6) is 0 Å². The number of anilines is 1. The van der Waals surface area contributed by atoms with Crippen molar-refractivity contribution < 1.29 is 14.0 Å². The quantitative estimate of drug-likeness (QED) is 0.208. The van der Waals surface area contributed by atoms with Gasteiger partial charge in [0.2, 0.25) is 5.91 Å². The van der Waals surface area contributed by atoms with Crippen molar-refractivity contribution in [2.24, 2.45) is 0 Å². The molecule has 0 bridgehead atoms. The van der Waals surface area contributed by atoms with Gasteiger partial charge in [0, 0.05) is 49.4 Å². The first-order valence-corrected chi connectivity index (χ1v) is 16.5. The molecule has 1 atom stereocenters. The van der Waals surface area contributed by atoms with Crippen LogP contribution < -0.4 is 15.6 Å². The molecule has 3 aromatic carbocycles. The largest absolute Gasteiger partial charge is 0.451 e. The van der Waals surface area contributed by atoms with E-state index in [0.717, 1.165) is 62.0 Å². The summed E-state index contributed by atoms with van der Waals surface area (Å²) in [4.78, 5) is 43.3. The number of likely N-dealkylation sites (tertiary alicyclic amines) is 1. The van der Waals surface area contributed by atoms with Crippen LogP contribution in [0, 0.1) is 13.8 Å². The Kier molecular flexibility index (Phi) is 9.59. The fraction of sp³-hybridized carbons (Fsp3) is 0.342. The van der Waals surface area contributed by atoms with E-state index in [4.69, 9.17) is 16.0 Å². The molecular formula is C38H40ClN3O4. The summed E-state index contributed by atoms with van der Waals surface area (Å²) in [5.41, 5.74) is 6.83. The molecule has 7 nitrogen and oxygen atoms in total. The summed E-state index contributed by atoms with van der Waals surface area (Å²) in [6.45, 7) is 7.06. The molecule has 0 spiro atoms. The first kappa shape index (κ1) is 31.6. The number of para-hydroxylation sites is 1.